The van der Waals surface area contributed by atoms with Crippen molar-refractivity contribution in [1.82, 2.24) is 19.7 Å². The first kappa shape index (κ1) is 19.9. The minimum atomic E-state index is -0.0195. The van der Waals surface area contributed by atoms with E-state index < -0.39 is 0 Å². The summed E-state index contributed by atoms with van der Waals surface area (Å²) in [5.74, 6) is 1.80. The summed E-state index contributed by atoms with van der Waals surface area (Å²) in [7, 11) is 1.65. The van der Waals surface area contributed by atoms with Crippen molar-refractivity contribution in [3.63, 3.8) is 0 Å². The normalized spacial score (nSPS) is 11.5. The molecule has 0 saturated carbocycles. The largest absolute Gasteiger partial charge is 0.459 e. The summed E-state index contributed by atoms with van der Waals surface area (Å²) in [6, 6.07) is 5.47. The van der Waals surface area contributed by atoms with Crippen LogP contribution in [0.5, 0.6) is 0 Å². The number of aromatic nitrogens is 4. The number of fused-ring (bicyclic) bond motifs is 1. The van der Waals surface area contributed by atoms with Gasteiger partial charge in [-0.2, -0.15) is 4.98 Å². The van der Waals surface area contributed by atoms with Crippen molar-refractivity contribution in [2.24, 2.45) is 0 Å². The molecule has 0 bridgehead atoms. The number of nitrogens with zero attached hydrogens (tertiary/aromatic N) is 4. The number of thioether (sulfide) groups is 1. The molecule has 0 spiro atoms. The summed E-state index contributed by atoms with van der Waals surface area (Å²) in [5, 5.41) is 5.32. The van der Waals surface area contributed by atoms with Crippen LogP contribution in [0.1, 0.15) is 24.0 Å². The molecule has 152 valence electrons. The van der Waals surface area contributed by atoms with E-state index in [4.69, 9.17) is 18.7 Å². The molecule has 8 nitrogen and oxygen atoms in total. The van der Waals surface area contributed by atoms with E-state index in [-0.39, 0.29) is 5.56 Å². The fraction of sp³-hybridized carbons (Fsp3) is 0.368. The van der Waals surface area contributed by atoms with Gasteiger partial charge in [-0.15, -0.1) is 11.3 Å². The van der Waals surface area contributed by atoms with E-state index in [0.717, 1.165) is 22.5 Å². The van der Waals surface area contributed by atoms with Crippen molar-refractivity contribution in [1.29, 1.82) is 0 Å². The Morgan fingerprint density at radius 3 is 3.00 bits per heavy atom. The number of hydrogen-bond acceptors (Lipinski definition) is 9. The summed E-state index contributed by atoms with van der Waals surface area (Å²) in [6.07, 6.45) is 3.16. The van der Waals surface area contributed by atoms with Gasteiger partial charge in [0, 0.05) is 25.1 Å². The molecule has 4 rings (SSSR count). The maximum atomic E-state index is 13.1. The van der Waals surface area contributed by atoms with E-state index in [1.54, 1.807) is 41.4 Å². The Bertz CT molecular complexity index is 1150. The van der Waals surface area contributed by atoms with Gasteiger partial charge in [0.25, 0.3) is 11.4 Å². The van der Waals surface area contributed by atoms with Crippen molar-refractivity contribution in [2.45, 2.75) is 37.2 Å². The van der Waals surface area contributed by atoms with Gasteiger partial charge in [-0.3, -0.25) is 9.36 Å². The van der Waals surface area contributed by atoms with Crippen LogP contribution in [0.25, 0.3) is 21.9 Å². The molecule has 0 radical (unpaired) electrons. The summed E-state index contributed by atoms with van der Waals surface area (Å²) >= 11 is 2.98. The number of aryl methyl sites for hydroxylation is 1. The molecular formula is C19H20N4O4S2. The molecule has 0 aliphatic carbocycles. The predicted octanol–water partition coefficient (Wildman–Crippen LogP) is 3.99. The van der Waals surface area contributed by atoms with Gasteiger partial charge in [0.2, 0.25) is 0 Å². The molecule has 10 heteroatoms. The SMILES string of the molecule is CCc1cc2c(=O)n(CCCOC)c(SCc3noc(-c4ccco4)n3)nc2s1. The zero-order valence-electron chi connectivity index (χ0n) is 16.1. The third-order valence-electron chi connectivity index (χ3n) is 4.28. The van der Waals surface area contributed by atoms with Gasteiger partial charge in [-0.05, 0) is 31.0 Å². The van der Waals surface area contributed by atoms with E-state index >= 15 is 0 Å². The molecule has 29 heavy (non-hydrogen) atoms. The van der Waals surface area contributed by atoms with E-state index in [1.807, 2.05) is 6.07 Å². The van der Waals surface area contributed by atoms with Crippen LogP contribution in [-0.2, 0) is 23.5 Å². The first-order chi connectivity index (χ1) is 14.2. The number of furan rings is 1. The van der Waals surface area contributed by atoms with E-state index in [2.05, 4.69) is 17.1 Å². The first-order valence-electron chi connectivity index (χ1n) is 9.21. The predicted molar refractivity (Wildman–Crippen MR) is 111 cm³/mol. The van der Waals surface area contributed by atoms with E-state index in [9.17, 15) is 4.79 Å². The van der Waals surface area contributed by atoms with Crippen molar-refractivity contribution in [3.05, 3.63) is 45.5 Å². The maximum absolute atomic E-state index is 13.1. The quantitative estimate of drug-likeness (QED) is 0.222. The summed E-state index contributed by atoms with van der Waals surface area (Å²) < 4.78 is 17.4. The zero-order chi connectivity index (χ0) is 20.2. The van der Waals surface area contributed by atoms with E-state index in [0.29, 0.717) is 46.9 Å². The lowest BCUT2D eigenvalue weighted by Crippen LogP contribution is -2.23. The number of ether oxygens (including phenoxy) is 1. The van der Waals surface area contributed by atoms with Gasteiger partial charge >= 0.3 is 0 Å². The van der Waals surface area contributed by atoms with Crippen molar-refractivity contribution < 1.29 is 13.7 Å². The maximum Gasteiger partial charge on any atom is 0.293 e. The molecule has 4 aromatic heterocycles. The molecule has 0 aliphatic heterocycles. The van der Waals surface area contributed by atoms with Gasteiger partial charge < -0.3 is 13.7 Å². The van der Waals surface area contributed by atoms with E-state index in [1.165, 1.54) is 11.8 Å². The Balaban J connectivity index is 1.60. The minimum absolute atomic E-state index is 0.0195. The molecule has 0 aliphatic rings. The summed E-state index contributed by atoms with van der Waals surface area (Å²) in [4.78, 5) is 24.1. The highest BCUT2D eigenvalue weighted by molar-refractivity contribution is 7.98. The average molecular weight is 433 g/mol. The number of rotatable bonds is 9. The Morgan fingerprint density at radius 1 is 1.34 bits per heavy atom. The first-order valence-corrected chi connectivity index (χ1v) is 11.0. The smallest absolute Gasteiger partial charge is 0.293 e. The van der Waals surface area contributed by atoms with Crippen molar-refractivity contribution in [2.75, 3.05) is 13.7 Å². The van der Waals surface area contributed by atoms with Gasteiger partial charge in [0.05, 0.1) is 17.4 Å². The average Bonchev–Trinajstić information content (AvgIpc) is 3.48. The third kappa shape index (κ3) is 4.29. The highest BCUT2D eigenvalue weighted by Crippen LogP contribution is 2.27. The van der Waals surface area contributed by atoms with Gasteiger partial charge in [0.1, 0.15) is 4.83 Å². The fourth-order valence-electron chi connectivity index (χ4n) is 2.84. The molecule has 0 fully saturated rings. The minimum Gasteiger partial charge on any atom is -0.459 e. The van der Waals surface area contributed by atoms with Gasteiger partial charge in [-0.1, -0.05) is 23.8 Å². The zero-order valence-corrected chi connectivity index (χ0v) is 17.7. The molecule has 4 aromatic rings. The lowest BCUT2D eigenvalue weighted by molar-refractivity contribution is 0.189. The summed E-state index contributed by atoms with van der Waals surface area (Å²) in [6.45, 7) is 3.19. The van der Waals surface area contributed by atoms with Gasteiger partial charge in [-0.25, -0.2) is 4.98 Å². The molecule has 0 amide bonds. The standard InChI is InChI=1S/C19H20N4O4S2/c1-3-12-10-13-17(29-12)21-19(23(18(13)24)7-5-8-25-2)28-11-15-20-16(27-22-15)14-6-4-9-26-14/h4,6,9-10H,3,5,7-8,11H2,1-2H3. The van der Waals surface area contributed by atoms with Crippen LogP contribution in [0, 0.1) is 0 Å². The molecule has 0 atom stereocenters. The van der Waals surface area contributed by atoms with Crippen LogP contribution in [0.15, 0.2) is 43.4 Å². The monoisotopic (exact) mass is 432 g/mol. The Morgan fingerprint density at radius 2 is 2.24 bits per heavy atom. The highest BCUT2D eigenvalue weighted by atomic mass is 32.2. The Labute approximate surface area is 174 Å². The van der Waals surface area contributed by atoms with Crippen LogP contribution in [0.4, 0.5) is 0 Å². The Kier molecular flexibility index (Phi) is 6.12. The highest BCUT2D eigenvalue weighted by Gasteiger charge is 2.16. The van der Waals surface area contributed by atoms with Crippen molar-refractivity contribution >= 4 is 33.3 Å². The number of hydrogen-bond donors (Lipinski definition) is 0. The van der Waals surface area contributed by atoms with Crippen LogP contribution in [0.3, 0.4) is 0 Å². The number of thiophene rings is 1. The van der Waals surface area contributed by atoms with Crippen LogP contribution >= 0.6 is 23.1 Å². The topological polar surface area (TPSA) is 96.2 Å². The molecule has 0 unspecified atom stereocenters. The molecule has 0 N–H and O–H groups in total. The Hall–Kier alpha value is -2.43. The van der Waals surface area contributed by atoms with Crippen LogP contribution in [0.2, 0.25) is 0 Å². The lowest BCUT2D eigenvalue weighted by atomic mass is 10.3. The van der Waals surface area contributed by atoms with Crippen LogP contribution in [-0.4, -0.2) is 33.4 Å². The second kappa shape index (κ2) is 8.93. The molecular weight excluding hydrogens is 412 g/mol. The second-order valence-electron chi connectivity index (χ2n) is 6.26. The lowest BCUT2D eigenvalue weighted by Gasteiger charge is -2.11. The number of methoxy groups -OCH3 is 1. The van der Waals surface area contributed by atoms with Gasteiger partial charge in [0.15, 0.2) is 16.7 Å². The third-order valence-corrected chi connectivity index (χ3v) is 6.42. The molecule has 4 heterocycles. The molecule has 0 saturated heterocycles. The summed E-state index contributed by atoms with van der Waals surface area (Å²) in [5.41, 5.74) is -0.0195. The van der Waals surface area contributed by atoms with Crippen molar-refractivity contribution in [3.8, 4) is 11.7 Å². The van der Waals surface area contributed by atoms with Crippen LogP contribution < -0.4 is 5.56 Å². The molecule has 0 aromatic carbocycles. The fourth-order valence-corrected chi connectivity index (χ4v) is 4.71. The second-order valence-corrected chi connectivity index (χ2v) is 8.32.